The Labute approximate surface area is 166 Å². The molecule has 2 aromatic carbocycles. The molecule has 0 unspecified atom stereocenters. The van der Waals surface area contributed by atoms with E-state index in [9.17, 15) is 22.8 Å². The van der Waals surface area contributed by atoms with E-state index in [1.807, 2.05) is 0 Å². The normalized spacial score (nSPS) is 11.3. The van der Waals surface area contributed by atoms with Crippen LogP contribution in [0.1, 0.15) is 5.56 Å². The summed E-state index contributed by atoms with van der Waals surface area (Å²) in [6, 6.07) is 12.1. The number of carbonyl (C=O) groups excluding carboxylic acids is 1. The van der Waals surface area contributed by atoms with Crippen LogP contribution in [0.3, 0.4) is 0 Å². The first-order valence-electron chi connectivity index (χ1n) is 8.29. The Kier molecular flexibility index (Phi) is 5.59. The molecule has 2 amide bonds. The van der Waals surface area contributed by atoms with Crippen LogP contribution < -0.4 is 10.9 Å². The first kappa shape index (κ1) is 20.4. The molecule has 10 heteroatoms. The predicted octanol–water partition coefficient (Wildman–Crippen LogP) is 2.47. The highest BCUT2D eigenvalue weighted by Gasteiger charge is 2.19. The molecule has 0 spiro atoms. The monoisotopic (exact) mass is 416 g/mol. The molecule has 1 heterocycles. The minimum atomic E-state index is -4.06. The molecule has 0 aliphatic carbocycles. The van der Waals surface area contributed by atoms with Gasteiger partial charge >= 0.3 is 6.03 Å². The van der Waals surface area contributed by atoms with Gasteiger partial charge in [0.25, 0.3) is 0 Å². The number of halogens is 1. The van der Waals surface area contributed by atoms with E-state index in [4.69, 9.17) is 10.9 Å². The largest absolute Gasteiger partial charge is 0.350 e. The summed E-state index contributed by atoms with van der Waals surface area (Å²) in [4.78, 5) is 15.3. The Morgan fingerprint density at radius 2 is 1.76 bits per heavy atom. The van der Waals surface area contributed by atoms with Gasteiger partial charge < -0.3 is 5.73 Å². The zero-order valence-corrected chi connectivity index (χ0v) is 15.8. The number of hydrogen-bond donors (Lipinski definition) is 3. The number of carbonyl (C=O) groups is 1. The lowest BCUT2D eigenvalue weighted by atomic mass is 9.97. The van der Waals surface area contributed by atoms with Crippen molar-refractivity contribution in [2.45, 2.75) is 11.4 Å². The van der Waals surface area contributed by atoms with Gasteiger partial charge in [-0.3, -0.25) is 10.2 Å². The van der Waals surface area contributed by atoms with Gasteiger partial charge in [-0.25, -0.2) is 27.8 Å². The van der Waals surface area contributed by atoms with Crippen molar-refractivity contribution < 1.29 is 22.8 Å². The number of hydroxylamine groups is 2. The lowest BCUT2D eigenvalue weighted by Crippen LogP contribution is -2.32. The Balaban J connectivity index is 2.24. The second-order valence-electron chi connectivity index (χ2n) is 6.18. The molecule has 5 N–H and O–H groups in total. The lowest BCUT2D eigenvalue weighted by Gasteiger charge is -2.16. The molecule has 0 saturated heterocycles. The number of urea groups is 1. The highest BCUT2D eigenvalue weighted by atomic mass is 32.2. The summed E-state index contributed by atoms with van der Waals surface area (Å²) in [6.07, 6.45) is 1.40. The third kappa shape index (κ3) is 4.57. The molecule has 3 rings (SSSR count). The molecule has 8 nitrogen and oxygen atoms in total. The summed E-state index contributed by atoms with van der Waals surface area (Å²) in [7, 11) is -4.06. The number of hydrogen-bond acceptors (Lipinski definition) is 5. The molecule has 0 bridgehead atoms. The minimum absolute atomic E-state index is 0.127. The summed E-state index contributed by atoms with van der Waals surface area (Å²) in [6.45, 7) is -0.267. The van der Waals surface area contributed by atoms with Crippen LogP contribution in [-0.2, 0) is 16.6 Å². The minimum Gasteiger partial charge on any atom is -0.350 e. The number of amides is 2. The number of nitrogens with zero attached hydrogens (tertiary/aromatic N) is 2. The highest BCUT2D eigenvalue weighted by Crippen LogP contribution is 2.35. The molecule has 0 fully saturated rings. The molecule has 0 aliphatic heterocycles. The van der Waals surface area contributed by atoms with Crippen molar-refractivity contribution in [2.75, 3.05) is 0 Å². The standard InChI is InChI=1S/C19H17FN4O4S/c20-14-7-5-13(6-8-14)18-16(9-12(10-23-18)11-24(26)19(21)25)15-3-1-2-4-17(15)29(22,27)28/h1-10,26H,11H2,(H2,21,25)(H2,22,27,28). The number of nitrogens with two attached hydrogens (primary N) is 2. The van der Waals surface area contributed by atoms with Gasteiger partial charge in [0, 0.05) is 22.9 Å². The molecule has 150 valence electrons. The zero-order chi connectivity index (χ0) is 21.2. The Hall–Kier alpha value is -3.34. The zero-order valence-electron chi connectivity index (χ0n) is 15.0. The maximum absolute atomic E-state index is 13.3. The fraction of sp³-hybridized carbons (Fsp3) is 0.0526. The molecule has 29 heavy (non-hydrogen) atoms. The van der Waals surface area contributed by atoms with Gasteiger partial charge in [0.1, 0.15) is 5.82 Å². The van der Waals surface area contributed by atoms with E-state index in [0.29, 0.717) is 27.4 Å². The van der Waals surface area contributed by atoms with E-state index >= 15 is 0 Å². The second kappa shape index (κ2) is 7.95. The fourth-order valence-electron chi connectivity index (χ4n) is 2.83. The first-order valence-corrected chi connectivity index (χ1v) is 9.84. The number of primary amides is 1. The van der Waals surface area contributed by atoms with Crippen molar-refractivity contribution >= 4 is 16.1 Å². The molecule has 3 aromatic rings. The average molecular weight is 416 g/mol. The molecule has 0 atom stereocenters. The molecule has 1 aromatic heterocycles. The lowest BCUT2D eigenvalue weighted by molar-refractivity contribution is -0.0471. The van der Waals surface area contributed by atoms with Crippen LogP contribution in [-0.4, -0.2) is 29.7 Å². The van der Waals surface area contributed by atoms with E-state index in [0.717, 1.165) is 0 Å². The second-order valence-corrected chi connectivity index (χ2v) is 7.71. The summed E-state index contributed by atoms with van der Waals surface area (Å²) in [5, 5.41) is 15.3. The van der Waals surface area contributed by atoms with Crippen LogP contribution in [0.5, 0.6) is 0 Å². The van der Waals surface area contributed by atoms with Crippen LogP contribution in [0.15, 0.2) is 65.7 Å². The number of rotatable bonds is 5. The van der Waals surface area contributed by atoms with Crippen molar-refractivity contribution in [1.82, 2.24) is 10.0 Å². The summed E-state index contributed by atoms with van der Waals surface area (Å²) >= 11 is 0. The fourth-order valence-corrected chi connectivity index (χ4v) is 3.58. The van der Waals surface area contributed by atoms with E-state index in [2.05, 4.69) is 4.98 Å². The molecule has 0 saturated carbocycles. The quantitative estimate of drug-likeness (QED) is 0.433. The van der Waals surface area contributed by atoms with Crippen LogP contribution >= 0.6 is 0 Å². The molecular formula is C19H17FN4O4S. The third-order valence-electron chi connectivity index (χ3n) is 4.13. The smallest absolute Gasteiger partial charge is 0.338 e. The van der Waals surface area contributed by atoms with Gasteiger partial charge in [-0.1, -0.05) is 18.2 Å². The van der Waals surface area contributed by atoms with Gasteiger partial charge in [0.2, 0.25) is 10.0 Å². The topological polar surface area (TPSA) is 140 Å². The van der Waals surface area contributed by atoms with Crippen molar-refractivity contribution in [1.29, 1.82) is 0 Å². The highest BCUT2D eigenvalue weighted by molar-refractivity contribution is 7.89. The van der Waals surface area contributed by atoms with Gasteiger partial charge in [-0.15, -0.1) is 0 Å². The van der Waals surface area contributed by atoms with E-state index < -0.39 is 21.9 Å². The Bertz CT molecular complexity index is 1170. The summed E-state index contributed by atoms with van der Waals surface area (Å²) < 4.78 is 37.5. The predicted molar refractivity (Wildman–Crippen MR) is 103 cm³/mol. The van der Waals surface area contributed by atoms with Crippen LogP contribution in [0, 0.1) is 5.82 Å². The van der Waals surface area contributed by atoms with Crippen molar-refractivity contribution in [2.24, 2.45) is 10.9 Å². The molecule has 0 radical (unpaired) electrons. The Morgan fingerprint density at radius 3 is 2.38 bits per heavy atom. The van der Waals surface area contributed by atoms with Crippen LogP contribution in [0.2, 0.25) is 0 Å². The Morgan fingerprint density at radius 1 is 1.10 bits per heavy atom. The molecule has 0 aliphatic rings. The SMILES string of the molecule is NC(=O)N(O)Cc1cnc(-c2ccc(F)cc2)c(-c2ccccc2S(N)(=O)=O)c1. The average Bonchev–Trinajstić information content (AvgIpc) is 2.68. The summed E-state index contributed by atoms with van der Waals surface area (Å²) in [5.41, 5.74) is 6.97. The third-order valence-corrected chi connectivity index (χ3v) is 5.10. The molecular weight excluding hydrogens is 399 g/mol. The van der Waals surface area contributed by atoms with Crippen LogP contribution in [0.25, 0.3) is 22.4 Å². The van der Waals surface area contributed by atoms with E-state index in [1.54, 1.807) is 18.2 Å². The number of aromatic nitrogens is 1. The summed E-state index contributed by atoms with van der Waals surface area (Å²) in [5.74, 6) is -0.436. The van der Waals surface area contributed by atoms with Crippen molar-refractivity contribution in [3.05, 3.63) is 72.2 Å². The van der Waals surface area contributed by atoms with Gasteiger partial charge in [0.15, 0.2) is 0 Å². The van der Waals surface area contributed by atoms with E-state index in [1.165, 1.54) is 42.6 Å². The van der Waals surface area contributed by atoms with Gasteiger partial charge in [-0.05, 0) is 42.0 Å². The van der Waals surface area contributed by atoms with E-state index in [-0.39, 0.29) is 17.0 Å². The number of benzene rings is 2. The van der Waals surface area contributed by atoms with Crippen LogP contribution in [0.4, 0.5) is 9.18 Å². The number of sulfonamides is 1. The maximum atomic E-state index is 13.3. The first-order chi connectivity index (χ1) is 13.7. The number of primary sulfonamides is 1. The number of pyridine rings is 1. The van der Waals surface area contributed by atoms with Crippen molar-refractivity contribution in [3.63, 3.8) is 0 Å². The van der Waals surface area contributed by atoms with Gasteiger partial charge in [-0.2, -0.15) is 0 Å². The van der Waals surface area contributed by atoms with Gasteiger partial charge in [0.05, 0.1) is 17.1 Å². The van der Waals surface area contributed by atoms with Crippen molar-refractivity contribution in [3.8, 4) is 22.4 Å². The maximum Gasteiger partial charge on any atom is 0.338 e.